The van der Waals surface area contributed by atoms with Crippen LogP contribution in [0.15, 0.2) is 30.3 Å². The Kier molecular flexibility index (Phi) is 11.5. The van der Waals surface area contributed by atoms with Crippen LogP contribution in [0, 0.1) is 0 Å². The summed E-state index contributed by atoms with van der Waals surface area (Å²) in [6.45, 7) is 4.29. The van der Waals surface area contributed by atoms with E-state index in [-0.39, 0.29) is 18.4 Å². The largest absolute Gasteiger partial charge is 0.480 e. The molecule has 3 atom stereocenters. The highest BCUT2D eigenvalue weighted by Gasteiger charge is 2.38. The number of aliphatic carboxylic acids is 1. The first kappa shape index (κ1) is 27.3. The zero-order valence-electron chi connectivity index (χ0n) is 20.1. The standard InChI is InChI=1S/C25H37N3O6/c1-3-34-25(33)21(15-14-19-10-5-4-6-11-19)27-20(12-7-8-16-26-18(2)29)23(30)28-17-9-13-22(28)24(31)32/h4-6,10-11,20-22,27H,3,7-9,12-17H2,1-2H3,(H,26,29)(H,31,32)/t20-,21?,22-/m0/s1. The molecule has 188 valence electrons. The van der Waals surface area contributed by atoms with Crippen LogP contribution in [-0.2, 0) is 30.3 Å². The highest BCUT2D eigenvalue weighted by molar-refractivity contribution is 5.88. The number of amides is 2. The molecule has 3 N–H and O–H groups in total. The van der Waals surface area contributed by atoms with Gasteiger partial charge >= 0.3 is 11.9 Å². The van der Waals surface area contributed by atoms with E-state index in [0.29, 0.717) is 58.0 Å². The molecular formula is C25H37N3O6. The summed E-state index contributed by atoms with van der Waals surface area (Å²) in [5.74, 6) is -1.86. The van der Waals surface area contributed by atoms with Crippen molar-refractivity contribution < 1.29 is 29.0 Å². The van der Waals surface area contributed by atoms with Crippen LogP contribution in [0.5, 0.6) is 0 Å². The summed E-state index contributed by atoms with van der Waals surface area (Å²) in [6.07, 6.45) is 3.84. The van der Waals surface area contributed by atoms with Crippen LogP contribution in [0.2, 0.25) is 0 Å². The van der Waals surface area contributed by atoms with Crippen LogP contribution in [0.4, 0.5) is 0 Å². The van der Waals surface area contributed by atoms with Crippen LogP contribution in [0.3, 0.4) is 0 Å². The summed E-state index contributed by atoms with van der Waals surface area (Å²) >= 11 is 0. The summed E-state index contributed by atoms with van der Waals surface area (Å²) < 4.78 is 5.26. The molecule has 1 aromatic rings. The van der Waals surface area contributed by atoms with Crippen LogP contribution in [-0.4, -0.2) is 71.6 Å². The molecule has 1 unspecified atom stereocenters. The van der Waals surface area contributed by atoms with Crippen molar-refractivity contribution in [3.8, 4) is 0 Å². The third-order valence-electron chi connectivity index (χ3n) is 5.95. The van der Waals surface area contributed by atoms with Gasteiger partial charge in [-0.1, -0.05) is 30.3 Å². The summed E-state index contributed by atoms with van der Waals surface area (Å²) in [5.41, 5.74) is 1.07. The fourth-order valence-corrected chi connectivity index (χ4v) is 4.21. The number of nitrogens with one attached hydrogen (secondary N) is 2. The summed E-state index contributed by atoms with van der Waals surface area (Å²) in [7, 11) is 0. The average molecular weight is 476 g/mol. The number of hydrogen-bond donors (Lipinski definition) is 3. The maximum atomic E-state index is 13.4. The molecule has 0 aliphatic carbocycles. The van der Waals surface area contributed by atoms with E-state index < -0.39 is 30.1 Å². The van der Waals surface area contributed by atoms with Crippen LogP contribution in [0.1, 0.15) is 57.9 Å². The number of ether oxygens (including phenoxy) is 1. The van der Waals surface area contributed by atoms with Gasteiger partial charge in [0.1, 0.15) is 12.1 Å². The topological polar surface area (TPSA) is 125 Å². The van der Waals surface area contributed by atoms with Crippen molar-refractivity contribution in [1.29, 1.82) is 0 Å². The van der Waals surface area contributed by atoms with Crippen molar-refractivity contribution in [3.05, 3.63) is 35.9 Å². The Hall–Kier alpha value is -2.94. The van der Waals surface area contributed by atoms with Gasteiger partial charge in [-0.25, -0.2) is 4.79 Å². The van der Waals surface area contributed by atoms with Gasteiger partial charge < -0.3 is 20.1 Å². The molecule has 2 rings (SSSR count). The molecular weight excluding hydrogens is 438 g/mol. The number of benzene rings is 1. The predicted molar refractivity (Wildman–Crippen MR) is 127 cm³/mol. The highest BCUT2D eigenvalue weighted by atomic mass is 16.5. The van der Waals surface area contributed by atoms with E-state index in [0.717, 1.165) is 5.56 Å². The maximum Gasteiger partial charge on any atom is 0.326 e. The molecule has 1 saturated heterocycles. The van der Waals surface area contributed by atoms with Gasteiger partial charge in [-0.3, -0.25) is 19.7 Å². The molecule has 0 bridgehead atoms. The molecule has 1 aliphatic heterocycles. The van der Waals surface area contributed by atoms with E-state index in [4.69, 9.17) is 4.74 Å². The second-order valence-corrected chi connectivity index (χ2v) is 8.55. The van der Waals surface area contributed by atoms with Gasteiger partial charge in [0, 0.05) is 20.0 Å². The van der Waals surface area contributed by atoms with Gasteiger partial charge in [-0.05, 0) is 57.4 Å². The third kappa shape index (κ3) is 8.78. The maximum absolute atomic E-state index is 13.4. The molecule has 1 fully saturated rings. The number of nitrogens with zero attached hydrogens (tertiary/aromatic N) is 1. The number of esters is 1. The van der Waals surface area contributed by atoms with Gasteiger partial charge in [0.15, 0.2) is 0 Å². The molecule has 1 aromatic carbocycles. The predicted octanol–water partition coefficient (Wildman–Crippen LogP) is 1.89. The second-order valence-electron chi connectivity index (χ2n) is 8.55. The van der Waals surface area contributed by atoms with Crippen molar-refractivity contribution in [2.45, 2.75) is 76.9 Å². The zero-order valence-corrected chi connectivity index (χ0v) is 20.1. The Bertz CT molecular complexity index is 816. The fraction of sp³-hybridized carbons (Fsp3) is 0.600. The number of hydrogen-bond acceptors (Lipinski definition) is 6. The van der Waals surface area contributed by atoms with Gasteiger partial charge in [0.25, 0.3) is 0 Å². The average Bonchev–Trinajstić information content (AvgIpc) is 3.31. The molecule has 0 saturated carbocycles. The number of aryl methyl sites for hydroxylation is 1. The molecule has 0 radical (unpaired) electrons. The van der Waals surface area contributed by atoms with E-state index >= 15 is 0 Å². The summed E-state index contributed by atoms with van der Waals surface area (Å²) in [6, 6.07) is 7.49. The Balaban J connectivity index is 2.13. The quantitative estimate of drug-likeness (QED) is 0.277. The third-order valence-corrected chi connectivity index (χ3v) is 5.95. The first-order valence-electron chi connectivity index (χ1n) is 12.1. The highest BCUT2D eigenvalue weighted by Crippen LogP contribution is 2.20. The molecule has 2 amide bonds. The van der Waals surface area contributed by atoms with E-state index in [1.165, 1.54) is 11.8 Å². The first-order valence-corrected chi connectivity index (χ1v) is 12.1. The molecule has 1 heterocycles. The van der Waals surface area contributed by atoms with Gasteiger partial charge in [-0.2, -0.15) is 0 Å². The minimum atomic E-state index is -1.01. The van der Waals surface area contributed by atoms with Gasteiger partial charge in [-0.15, -0.1) is 0 Å². The van der Waals surface area contributed by atoms with E-state index in [1.54, 1.807) is 6.92 Å². The zero-order chi connectivity index (χ0) is 24.9. The van der Waals surface area contributed by atoms with Crippen LogP contribution in [0.25, 0.3) is 0 Å². The normalized spacial score (nSPS) is 17.1. The van der Waals surface area contributed by atoms with Crippen molar-refractivity contribution in [2.75, 3.05) is 19.7 Å². The van der Waals surface area contributed by atoms with E-state index in [1.807, 2.05) is 30.3 Å². The van der Waals surface area contributed by atoms with E-state index in [9.17, 15) is 24.3 Å². The minimum absolute atomic E-state index is 0.115. The number of rotatable bonds is 14. The molecule has 0 spiro atoms. The number of carbonyl (C=O) groups is 4. The second kappa shape index (κ2) is 14.3. The van der Waals surface area contributed by atoms with Crippen molar-refractivity contribution in [3.63, 3.8) is 0 Å². The van der Waals surface area contributed by atoms with Crippen molar-refractivity contribution in [2.24, 2.45) is 0 Å². The molecule has 9 nitrogen and oxygen atoms in total. The molecule has 9 heteroatoms. The molecule has 1 aliphatic rings. The van der Waals surface area contributed by atoms with Crippen molar-refractivity contribution >= 4 is 23.8 Å². The summed E-state index contributed by atoms with van der Waals surface area (Å²) in [5, 5.41) is 15.5. The smallest absolute Gasteiger partial charge is 0.326 e. The Morgan fingerprint density at radius 1 is 1.12 bits per heavy atom. The van der Waals surface area contributed by atoms with Gasteiger partial charge in [0.05, 0.1) is 12.6 Å². The monoisotopic (exact) mass is 475 g/mol. The summed E-state index contributed by atoms with van der Waals surface area (Å²) in [4.78, 5) is 50.3. The lowest BCUT2D eigenvalue weighted by Gasteiger charge is -2.30. The van der Waals surface area contributed by atoms with Crippen LogP contribution < -0.4 is 10.6 Å². The minimum Gasteiger partial charge on any atom is -0.480 e. The Morgan fingerprint density at radius 2 is 1.85 bits per heavy atom. The Morgan fingerprint density at radius 3 is 2.50 bits per heavy atom. The fourth-order valence-electron chi connectivity index (χ4n) is 4.21. The van der Waals surface area contributed by atoms with Crippen molar-refractivity contribution in [1.82, 2.24) is 15.5 Å². The number of likely N-dealkylation sites (tertiary alicyclic amines) is 1. The number of carboxylic acids is 1. The molecule has 0 aromatic heterocycles. The lowest BCUT2D eigenvalue weighted by molar-refractivity contribution is -0.150. The van der Waals surface area contributed by atoms with Crippen LogP contribution >= 0.6 is 0 Å². The lowest BCUT2D eigenvalue weighted by atomic mass is 10.0. The SMILES string of the molecule is CCOC(=O)C(CCc1ccccc1)N[C@@H](CCCCNC(C)=O)C(=O)N1CCC[C@H]1C(=O)O. The first-order chi connectivity index (χ1) is 16.3. The lowest BCUT2D eigenvalue weighted by Crippen LogP contribution is -2.54. The number of unbranched alkanes of at least 4 members (excludes halogenated alkanes) is 1. The Labute approximate surface area is 201 Å². The number of carboxylic acid groups (broad SMARTS) is 1. The van der Waals surface area contributed by atoms with E-state index in [2.05, 4.69) is 10.6 Å². The van der Waals surface area contributed by atoms with Gasteiger partial charge in [0.2, 0.25) is 11.8 Å². The number of carbonyl (C=O) groups excluding carboxylic acids is 3. The molecule has 34 heavy (non-hydrogen) atoms.